The molecule has 2 aliphatic rings. The Morgan fingerprint density at radius 2 is 2.38 bits per heavy atom. The average Bonchev–Trinajstić information content (AvgIpc) is 2.61. The maximum atomic E-state index is 11.2. The summed E-state index contributed by atoms with van der Waals surface area (Å²) in [5.74, 6) is 0.0661. The first-order valence-corrected chi connectivity index (χ1v) is 4.55. The lowest BCUT2D eigenvalue weighted by Crippen LogP contribution is -2.26. The third-order valence-corrected chi connectivity index (χ3v) is 2.64. The summed E-state index contributed by atoms with van der Waals surface area (Å²) in [5.41, 5.74) is 1.05. The molecule has 1 atom stereocenters. The standard InChI is InChI=1S/C9H14N2O2/c1-10-5-7(4-9(10)13)11-3-2-8(12)6-11/h4,8,12H,2-3,5-6H2,1H3. The molecule has 2 rings (SSSR count). The van der Waals surface area contributed by atoms with E-state index in [-0.39, 0.29) is 12.0 Å². The summed E-state index contributed by atoms with van der Waals surface area (Å²) < 4.78 is 0. The van der Waals surface area contributed by atoms with Gasteiger partial charge in [0.15, 0.2) is 0 Å². The van der Waals surface area contributed by atoms with E-state index in [0.717, 1.165) is 18.7 Å². The molecule has 0 radical (unpaired) electrons. The molecule has 72 valence electrons. The Hall–Kier alpha value is -1.03. The Morgan fingerprint density at radius 3 is 2.85 bits per heavy atom. The van der Waals surface area contributed by atoms with Crippen LogP contribution in [0.2, 0.25) is 0 Å². The fraction of sp³-hybridized carbons (Fsp3) is 0.667. The predicted molar refractivity (Wildman–Crippen MR) is 47.9 cm³/mol. The summed E-state index contributed by atoms with van der Waals surface area (Å²) in [6.45, 7) is 2.23. The number of rotatable bonds is 1. The van der Waals surface area contributed by atoms with Crippen molar-refractivity contribution in [1.82, 2.24) is 9.80 Å². The average molecular weight is 182 g/mol. The summed E-state index contributed by atoms with van der Waals surface area (Å²) in [4.78, 5) is 15.0. The molecule has 0 bridgehead atoms. The Labute approximate surface area is 77.4 Å². The molecule has 4 nitrogen and oxygen atoms in total. The highest BCUT2D eigenvalue weighted by atomic mass is 16.3. The lowest BCUT2D eigenvalue weighted by Gasteiger charge is -2.19. The third kappa shape index (κ3) is 1.54. The second-order valence-corrected chi connectivity index (χ2v) is 3.72. The molecule has 1 fully saturated rings. The smallest absolute Gasteiger partial charge is 0.248 e. The van der Waals surface area contributed by atoms with Gasteiger partial charge >= 0.3 is 0 Å². The van der Waals surface area contributed by atoms with Gasteiger partial charge in [-0.05, 0) is 6.42 Å². The maximum absolute atomic E-state index is 11.2. The molecule has 2 aliphatic heterocycles. The van der Waals surface area contributed by atoms with Crippen molar-refractivity contribution < 1.29 is 9.90 Å². The highest BCUT2D eigenvalue weighted by molar-refractivity contribution is 5.90. The van der Waals surface area contributed by atoms with Crippen LogP contribution < -0.4 is 0 Å². The van der Waals surface area contributed by atoms with E-state index in [2.05, 4.69) is 4.90 Å². The van der Waals surface area contributed by atoms with Crippen LogP contribution in [-0.2, 0) is 4.79 Å². The van der Waals surface area contributed by atoms with Crippen LogP contribution in [0.5, 0.6) is 0 Å². The quantitative estimate of drug-likeness (QED) is 0.589. The molecule has 2 heterocycles. The van der Waals surface area contributed by atoms with Gasteiger partial charge in [0.25, 0.3) is 0 Å². The fourth-order valence-corrected chi connectivity index (χ4v) is 1.81. The Balaban J connectivity index is 2.03. The van der Waals surface area contributed by atoms with Crippen molar-refractivity contribution in [3.8, 4) is 0 Å². The number of hydrogen-bond donors (Lipinski definition) is 1. The Kier molecular flexibility index (Phi) is 2.00. The number of nitrogens with zero attached hydrogens (tertiary/aromatic N) is 2. The largest absolute Gasteiger partial charge is 0.391 e. The van der Waals surface area contributed by atoms with E-state index in [9.17, 15) is 9.90 Å². The zero-order valence-electron chi connectivity index (χ0n) is 7.73. The van der Waals surface area contributed by atoms with Gasteiger partial charge in [-0.15, -0.1) is 0 Å². The van der Waals surface area contributed by atoms with Gasteiger partial charge in [0.2, 0.25) is 5.91 Å². The van der Waals surface area contributed by atoms with E-state index in [1.807, 2.05) is 0 Å². The van der Waals surface area contributed by atoms with Gasteiger partial charge in [0.05, 0.1) is 12.6 Å². The second-order valence-electron chi connectivity index (χ2n) is 3.72. The molecular formula is C9H14N2O2. The normalized spacial score (nSPS) is 28.6. The Morgan fingerprint density at radius 1 is 1.62 bits per heavy atom. The van der Waals surface area contributed by atoms with Crippen LogP contribution in [0.4, 0.5) is 0 Å². The van der Waals surface area contributed by atoms with Crippen LogP contribution in [0.3, 0.4) is 0 Å². The minimum absolute atomic E-state index is 0.0661. The molecule has 13 heavy (non-hydrogen) atoms. The molecular weight excluding hydrogens is 168 g/mol. The number of carbonyl (C=O) groups excluding carboxylic acids is 1. The summed E-state index contributed by atoms with van der Waals surface area (Å²) in [6, 6.07) is 0. The molecule has 1 unspecified atom stereocenters. The topological polar surface area (TPSA) is 43.8 Å². The minimum Gasteiger partial charge on any atom is -0.391 e. The maximum Gasteiger partial charge on any atom is 0.248 e. The number of aliphatic hydroxyl groups excluding tert-OH is 1. The van der Waals surface area contributed by atoms with Crippen LogP contribution in [0, 0.1) is 0 Å². The predicted octanol–water partition coefficient (Wildman–Crippen LogP) is -0.591. The molecule has 1 amide bonds. The highest BCUT2D eigenvalue weighted by Gasteiger charge is 2.27. The van der Waals surface area contributed by atoms with E-state index < -0.39 is 0 Å². The molecule has 0 saturated carbocycles. The first kappa shape index (κ1) is 8.56. The van der Waals surface area contributed by atoms with E-state index in [1.54, 1.807) is 18.0 Å². The number of hydrogen-bond acceptors (Lipinski definition) is 3. The van der Waals surface area contributed by atoms with Gasteiger partial charge in [-0.1, -0.05) is 0 Å². The lowest BCUT2D eigenvalue weighted by atomic mass is 10.3. The van der Waals surface area contributed by atoms with Crippen molar-refractivity contribution in [2.45, 2.75) is 12.5 Å². The molecule has 1 N–H and O–H groups in total. The SMILES string of the molecule is CN1CC(N2CCC(O)C2)=CC1=O. The number of amides is 1. The number of aliphatic hydroxyl groups is 1. The van der Waals surface area contributed by atoms with Crippen molar-refractivity contribution in [3.63, 3.8) is 0 Å². The molecule has 0 aliphatic carbocycles. The van der Waals surface area contributed by atoms with E-state index in [4.69, 9.17) is 0 Å². The number of likely N-dealkylation sites (N-methyl/N-ethyl adjacent to an activating group) is 1. The molecule has 0 spiro atoms. The van der Waals surface area contributed by atoms with Gasteiger partial charge < -0.3 is 14.9 Å². The van der Waals surface area contributed by atoms with Crippen LogP contribution in [0.1, 0.15) is 6.42 Å². The number of carbonyl (C=O) groups is 1. The monoisotopic (exact) mass is 182 g/mol. The van der Waals surface area contributed by atoms with Crippen molar-refractivity contribution >= 4 is 5.91 Å². The van der Waals surface area contributed by atoms with Gasteiger partial charge in [0, 0.05) is 31.9 Å². The van der Waals surface area contributed by atoms with E-state index in [0.29, 0.717) is 13.1 Å². The van der Waals surface area contributed by atoms with Gasteiger partial charge in [-0.25, -0.2) is 0 Å². The van der Waals surface area contributed by atoms with Crippen molar-refractivity contribution in [3.05, 3.63) is 11.8 Å². The zero-order valence-corrected chi connectivity index (χ0v) is 7.73. The first-order chi connectivity index (χ1) is 6.16. The van der Waals surface area contributed by atoms with Crippen LogP contribution in [-0.4, -0.2) is 53.6 Å². The first-order valence-electron chi connectivity index (χ1n) is 4.55. The lowest BCUT2D eigenvalue weighted by molar-refractivity contribution is -0.123. The molecule has 0 aromatic heterocycles. The van der Waals surface area contributed by atoms with Crippen LogP contribution in [0.15, 0.2) is 11.8 Å². The molecule has 0 aromatic carbocycles. The minimum atomic E-state index is -0.220. The van der Waals surface area contributed by atoms with Gasteiger partial charge in [-0.3, -0.25) is 4.79 Å². The summed E-state index contributed by atoms with van der Waals surface area (Å²) in [5, 5.41) is 9.32. The van der Waals surface area contributed by atoms with Crippen LogP contribution in [0.25, 0.3) is 0 Å². The molecule has 0 aromatic rings. The van der Waals surface area contributed by atoms with Crippen molar-refractivity contribution in [2.75, 3.05) is 26.7 Å². The number of likely N-dealkylation sites (tertiary alicyclic amines) is 1. The summed E-state index contributed by atoms with van der Waals surface area (Å²) in [6.07, 6.45) is 2.26. The fourth-order valence-electron chi connectivity index (χ4n) is 1.81. The van der Waals surface area contributed by atoms with E-state index >= 15 is 0 Å². The van der Waals surface area contributed by atoms with Crippen molar-refractivity contribution in [2.24, 2.45) is 0 Å². The van der Waals surface area contributed by atoms with Crippen LogP contribution >= 0.6 is 0 Å². The number of β-amino-alcohol motifs (C(OH)–C–C–N with tert-alkyl or cyclic N) is 1. The third-order valence-electron chi connectivity index (χ3n) is 2.64. The zero-order chi connectivity index (χ0) is 9.42. The molecule has 1 saturated heterocycles. The highest BCUT2D eigenvalue weighted by Crippen LogP contribution is 2.19. The summed E-state index contributed by atoms with van der Waals surface area (Å²) >= 11 is 0. The Bertz CT molecular complexity index is 262. The van der Waals surface area contributed by atoms with Crippen molar-refractivity contribution in [1.29, 1.82) is 0 Å². The molecule has 4 heteroatoms. The second kappa shape index (κ2) is 3.03. The summed E-state index contributed by atoms with van der Waals surface area (Å²) in [7, 11) is 1.79. The van der Waals surface area contributed by atoms with E-state index in [1.165, 1.54) is 0 Å². The van der Waals surface area contributed by atoms with Gasteiger partial charge in [0.1, 0.15) is 0 Å². The van der Waals surface area contributed by atoms with Gasteiger partial charge in [-0.2, -0.15) is 0 Å².